The number of likely N-dealkylation sites (tertiary alicyclic amines) is 1. The van der Waals surface area contributed by atoms with Gasteiger partial charge < -0.3 is 38.8 Å². The highest BCUT2D eigenvalue weighted by atomic mass is 16.6. The summed E-state index contributed by atoms with van der Waals surface area (Å²) in [6, 6.07) is 7.97. The summed E-state index contributed by atoms with van der Waals surface area (Å²) in [5.41, 5.74) is 3.42. The largest absolute Gasteiger partial charge is 0.379 e. The van der Waals surface area contributed by atoms with E-state index < -0.39 is 0 Å². The molecule has 2 aliphatic rings. The number of anilines is 1. The number of amides is 3. The zero-order chi connectivity index (χ0) is 36.5. The lowest BCUT2D eigenvalue weighted by Gasteiger charge is -2.26. The summed E-state index contributed by atoms with van der Waals surface area (Å²) in [5.74, 6) is 6.19. The van der Waals surface area contributed by atoms with E-state index in [1.807, 2.05) is 55.2 Å². The molecule has 2 heterocycles. The molecule has 280 valence electrons. The third kappa shape index (κ3) is 15.9. The predicted octanol–water partition coefficient (Wildman–Crippen LogP) is 3.37. The van der Waals surface area contributed by atoms with Crippen LogP contribution in [0.2, 0.25) is 0 Å². The smallest absolute Gasteiger partial charge is 0.242 e. The predicted molar refractivity (Wildman–Crippen MR) is 197 cm³/mol. The molecule has 2 aliphatic heterocycles. The number of benzene rings is 1. The first kappa shape index (κ1) is 41.6. The van der Waals surface area contributed by atoms with Crippen LogP contribution < -0.4 is 15.5 Å². The van der Waals surface area contributed by atoms with Crippen molar-refractivity contribution < 1.29 is 38.1 Å². The number of para-hydroxylation sites is 1. The fourth-order valence-corrected chi connectivity index (χ4v) is 5.53. The minimum Gasteiger partial charge on any atom is -0.379 e. The van der Waals surface area contributed by atoms with Crippen molar-refractivity contribution in [1.82, 2.24) is 15.5 Å². The molecule has 0 radical (unpaired) electrons. The Morgan fingerprint density at radius 1 is 0.902 bits per heavy atom. The van der Waals surface area contributed by atoms with E-state index in [9.17, 15) is 14.4 Å². The Kier molecular flexibility index (Phi) is 20.5. The van der Waals surface area contributed by atoms with Crippen LogP contribution in [0.3, 0.4) is 0 Å². The third-order valence-corrected chi connectivity index (χ3v) is 8.28. The molecule has 1 aromatic rings. The monoisotopic (exact) mass is 708 g/mol. The van der Waals surface area contributed by atoms with Crippen LogP contribution in [0.4, 0.5) is 5.69 Å². The van der Waals surface area contributed by atoms with E-state index in [-0.39, 0.29) is 43.3 Å². The van der Waals surface area contributed by atoms with Crippen molar-refractivity contribution >= 4 is 23.4 Å². The van der Waals surface area contributed by atoms with Crippen molar-refractivity contribution in [3.8, 4) is 11.8 Å². The lowest BCUT2D eigenvalue weighted by Crippen LogP contribution is -2.41. The summed E-state index contributed by atoms with van der Waals surface area (Å²) in [4.78, 5) is 41.0. The Labute approximate surface area is 303 Å². The number of nitrogens with zero attached hydrogens (tertiary/aromatic N) is 2. The number of rotatable bonds is 25. The van der Waals surface area contributed by atoms with Crippen LogP contribution in [0.25, 0.3) is 0 Å². The first-order valence-corrected chi connectivity index (χ1v) is 18.0. The average molecular weight is 709 g/mol. The van der Waals surface area contributed by atoms with Gasteiger partial charge in [-0.1, -0.05) is 48.8 Å². The summed E-state index contributed by atoms with van der Waals surface area (Å²) in [5, 5.41) is 5.84. The fourth-order valence-electron chi connectivity index (χ4n) is 5.53. The number of carbonyl (C=O) groups is 3. The molecule has 1 fully saturated rings. The first-order chi connectivity index (χ1) is 24.9. The van der Waals surface area contributed by atoms with E-state index in [1.165, 1.54) is 0 Å². The third-order valence-electron chi connectivity index (χ3n) is 8.28. The summed E-state index contributed by atoms with van der Waals surface area (Å²) in [6.45, 7) is 14.0. The number of ether oxygens (including phenoxy) is 5. The molecular formula is C39H56N4O8. The standard InChI is InChI=1S/C39H56N4O8/c1-4-10-35-30-43(36-13-7-6-12-34(36)16-15-33(35)5-2)38(45)14-9-20-51-31-40-18-22-48-24-26-50-28-27-49-25-23-47-21-17-37(44)41-29-39(46)42-19-8-11-32(42)3/h4-7,10,12-13,32,40H,2,8-9,11,14,17-31H2,1,3H3,(H,41,44)/b10-4-,35-33-. The Morgan fingerprint density at radius 2 is 1.61 bits per heavy atom. The van der Waals surface area contributed by atoms with Crippen LogP contribution in [-0.4, -0.2) is 121 Å². The second-order valence-electron chi connectivity index (χ2n) is 12.1. The van der Waals surface area contributed by atoms with Crippen LogP contribution >= 0.6 is 0 Å². The average Bonchev–Trinajstić information content (AvgIpc) is 3.57. The van der Waals surface area contributed by atoms with Crippen molar-refractivity contribution in [2.24, 2.45) is 0 Å². The van der Waals surface area contributed by atoms with Gasteiger partial charge in [-0.25, -0.2) is 0 Å². The van der Waals surface area contributed by atoms with Gasteiger partial charge in [0.15, 0.2) is 0 Å². The molecule has 0 saturated carbocycles. The maximum absolute atomic E-state index is 13.3. The van der Waals surface area contributed by atoms with Crippen LogP contribution in [0.15, 0.2) is 60.2 Å². The molecule has 51 heavy (non-hydrogen) atoms. The molecule has 1 atom stereocenters. The second-order valence-corrected chi connectivity index (χ2v) is 12.1. The highest BCUT2D eigenvalue weighted by molar-refractivity contribution is 5.95. The van der Waals surface area contributed by atoms with E-state index in [1.54, 1.807) is 11.0 Å². The Bertz CT molecular complexity index is 1370. The number of hydrogen-bond donors (Lipinski definition) is 2. The van der Waals surface area contributed by atoms with Crippen LogP contribution in [0, 0.1) is 11.8 Å². The minimum atomic E-state index is -0.196. The van der Waals surface area contributed by atoms with Crippen molar-refractivity contribution in [1.29, 1.82) is 0 Å². The van der Waals surface area contributed by atoms with Gasteiger partial charge in [-0.3, -0.25) is 19.7 Å². The fraction of sp³-hybridized carbons (Fsp3) is 0.564. The molecule has 3 rings (SSSR count). The van der Waals surface area contributed by atoms with Gasteiger partial charge in [-0.2, -0.15) is 0 Å². The quantitative estimate of drug-likeness (QED) is 0.0894. The lowest BCUT2D eigenvalue weighted by molar-refractivity contribution is -0.133. The number of nitrogens with one attached hydrogen (secondary N) is 2. The van der Waals surface area contributed by atoms with Crippen LogP contribution in [-0.2, 0) is 38.1 Å². The maximum atomic E-state index is 13.3. The van der Waals surface area contributed by atoms with Gasteiger partial charge in [0, 0.05) is 49.7 Å². The van der Waals surface area contributed by atoms with E-state index in [4.69, 9.17) is 23.7 Å². The molecular weight excluding hydrogens is 652 g/mol. The van der Waals surface area contributed by atoms with Gasteiger partial charge in [-0.05, 0) is 50.8 Å². The van der Waals surface area contributed by atoms with Gasteiger partial charge >= 0.3 is 0 Å². The molecule has 12 nitrogen and oxygen atoms in total. The number of carbonyl (C=O) groups excluding carboxylic acids is 3. The second kappa shape index (κ2) is 25.2. The lowest BCUT2D eigenvalue weighted by atomic mass is 10.0. The van der Waals surface area contributed by atoms with Gasteiger partial charge in [0.05, 0.1) is 78.4 Å². The van der Waals surface area contributed by atoms with Crippen LogP contribution in [0.5, 0.6) is 0 Å². The first-order valence-electron chi connectivity index (χ1n) is 18.0. The SMILES string of the molecule is C=C/C1=C(\C=C/C)CN(C(=O)CCCOCNCCOCCOCCOCCOCCC(=O)NCC(=O)N2CCCC2C)c2ccccc2C#C1. The summed E-state index contributed by atoms with van der Waals surface area (Å²) < 4.78 is 27.7. The number of allylic oxidation sites excluding steroid dienone is 3. The molecule has 3 amide bonds. The molecule has 2 N–H and O–H groups in total. The van der Waals surface area contributed by atoms with Crippen LogP contribution in [0.1, 0.15) is 51.5 Å². The normalized spacial score (nSPS) is 17.1. The molecule has 1 aromatic carbocycles. The van der Waals surface area contributed by atoms with E-state index in [0.29, 0.717) is 85.5 Å². The highest BCUT2D eigenvalue weighted by Crippen LogP contribution is 2.25. The summed E-state index contributed by atoms with van der Waals surface area (Å²) in [7, 11) is 0. The Morgan fingerprint density at radius 3 is 2.29 bits per heavy atom. The number of fused-ring (bicyclic) bond motifs is 1. The van der Waals surface area contributed by atoms with E-state index in [0.717, 1.165) is 41.8 Å². The molecule has 0 aromatic heterocycles. The highest BCUT2D eigenvalue weighted by Gasteiger charge is 2.25. The van der Waals surface area contributed by atoms with Crippen molar-refractivity contribution in [3.05, 3.63) is 65.8 Å². The zero-order valence-electron chi connectivity index (χ0n) is 30.4. The summed E-state index contributed by atoms with van der Waals surface area (Å²) in [6.07, 6.45) is 8.89. The van der Waals surface area contributed by atoms with Gasteiger partial charge in [0.1, 0.15) is 0 Å². The minimum absolute atomic E-state index is 0.0245. The van der Waals surface area contributed by atoms with Crippen molar-refractivity contribution in [3.63, 3.8) is 0 Å². The van der Waals surface area contributed by atoms with Gasteiger partial charge in [-0.15, -0.1) is 0 Å². The van der Waals surface area contributed by atoms with Gasteiger partial charge in [0.25, 0.3) is 0 Å². The van der Waals surface area contributed by atoms with E-state index in [2.05, 4.69) is 29.1 Å². The van der Waals surface area contributed by atoms with Crippen molar-refractivity contribution in [2.75, 3.05) is 97.3 Å². The Hall–Kier alpha value is -3.83. The topological polar surface area (TPSA) is 128 Å². The Balaban J connectivity index is 1.10. The van der Waals surface area contributed by atoms with Crippen molar-refractivity contribution in [2.45, 2.75) is 52.0 Å². The van der Waals surface area contributed by atoms with E-state index >= 15 is 0 Å². The summed E-state index contributed by atoms with van der Waals surface area (Å²) >= 11 is 0. The molecule has 0 spiro atoms. The molecule has 12 heteroatoms. The molecule has 0 aliphatic carbocycles. The van der Waals surface area contributed by atoms with Gasteiger partial charge in [0.2, 0.25) is 17.7 Å². The molecule has 1 saturated heterocycles. The maximum Gasteiger partial charge on any atom is 0.242 e. The molecule has 0 bridgehead atoms. The zero-order valence-corrected chi connectivity index (χ0v) is 30.4. The number of hydrogen-bond acceptors (Lipinski definition) is 9. The molecule has 1 unspecified atom stereocenters.